The number of fused-ring (bicyclic) bond motifs is 1. The summed E-state index contributed by atoms with van der Waals surface area (Å²) >= 11 is 1.85. The molecule has 124 valence electrons. The van der Waals surface area contributed by atoms with Crippen molar-refractivity contribution in [2.24, 2.45) is 0 Å². The van der Waals surface area contributed by atoms with Crippen LogP contribution in [0.2, 0.25) is 0 Å². The summed E-state index contributed by atoms with van der Waals surface area (Å²) in [6, 6.07) is 17.4. The SMILES string of the molecule is Cc1cc(-c2cc3ccccc3s2)ccc1OCCN1CCCC1. The van der Waals surface area contributed by atoms with Crippen LogP contribution in [-0.2, 0) is 0 Å². The highest BCUT2D eigenvalue weighted by molar-refractivity contribution is 7.22. The molecule has 0 spiro atoms. The van der Waals surface area contributed by atoms with Crippen LogP contribution in [0.15, 0.2) is 48.5 Å². The van der Waals surface area contributed by atoms with Crippen molar-refractivity contribution in [1.29, 1.82) is 0 Å². The second-order valence-electron chi connectivity index (χ2n) is 6.53. The van der Waals surface area contributed by atoms with Crippen LogP contribution in [0.5, 0.6) is 5.75 Å². The molecule has 0 N–H and O–H groups in total. The van der Waals surface area contributed by atoms with Gasteiger partial charge in [0.1, 0.15) is 12.4 Å². The van der Waals surface area contributed by atoms with Gasteiger partial charge in [-0.2, -0.15) is 0 Å². The van der Waals surface area contributed by atoms with Crippen LogP contribution in [0.3, 0.4) is 0 Å². The molecule has 0 amide bonds. The third-order valence-corrected chi connectivity index (χ3v) is 5.91. The minimum atomic E-state index is 0.781. The molecule has 0 bridgehead atoms. The molecular weight excluding hydrogens is 314 g/mol. The molecule has 3 aromatic rings. The Morgan fingerprint density at radius 2 is 1.88 bits per heavy atom. The van der Waals surface area contributed by atoms with Crippen molar-refractivity contribution in [3.8, 4) is 16.2 Å². The van der Waals surface area contributed by atoms with Gasteiger partial charge >= 0.3 is 0 Å². The summed E-state index contributed by atoms with van der Waals surface area (Å²) in [5.41, 5.74) is 2.49. The molecule has 1 aliphatic rings. The van der Waals surface area contributed by atoms with Crippen LogP contribution in [0, 0.1) is 6.92 Å². The summed E-state index contributed by atoms with van der Waals surface area (Å²) in [6.07, 6.45) is 2.67. The van der Waals surface area contributed by atoms with E-state index in [9.17, 15) is 0 Å². The van der Waals surface area contributed by atoms with Crippen molar-refractivity contribution in [3.63, 3.8) is 0 Å². The average Bonchev–Trinajstić information content (AvgIpc) is 3.25. The molecule has 4 rings (SSSR count). The highest BCUT2D eigenvalue weighted by Crippen LogP contribution is 2.35. The number of likely N-dealkylation sites (tertiary alicyclic amines) is 1. The molecule has 0 atom stereocenters. The fourth-order valence-electron chi connectivity index (χ4n) is 3.38. The Bertz CT molecular complexity index is 800. The highest BCUT2D eigenvalue weighted by atomic mass is 32.1. The lowest BCUT2D eigenvalue weighted by atomic mass is 10.1. The Morgan fingerprint density at radius 3 is 2.67 bits per heavy atom. The number of hydrogen-bond acceptors (Lipinski definition) is 3. The summed E-state index contributed by atoms with van der Waals surface area (Å²) in [4.78, 5) is 3.81. The van der Waals surface area contributed by atoms with Crippen LogP contribution in [-0.4, -0.2) is 31.1 Å². The highest BCUT2D eigenvalue weighted by Gasteiger charge is 2.11. The van der Waals surface area contributed by atoms with Gasteiger partial charge in [0.15, 0.2) is 0 Å². The maximum Gasteiger partial charge on any atom is 0.122 e. The Morgan fingerprint density at radius 1 is 1.04 bits per heavy atom. The predicted molar refractivity (Wildman–Crippen MR) is 103 cm³/mol. The summed E-state index contributed by atoms with van der Waals surface area (Å²) in [6.45, 7) is 6.42. The van der Waals surface area contributed by atoms with E-state index < -0.39 is 0 Å². The van der Waals surface area contributed by atoms with E-state index in [1.54, 1.807) is 0 Å². The van der Waals surface area contributed by atoms with Crippen molar-refractivity contribution in [3.05, 3.63) is 54.1 Å². The lowest BCUT2D eigenvalue weighted by molar-refractivity contribution is 0.237. The minimum Gasteiger partial charge on any atom is -0.492 e. The maximum atomic E-state index is 6.01. The molecule has 2 nitrogen and oxygen atoms in total. The van der Waals surface area contributed by atoms with Gasteiger partial charge in [-0.1, -0.05) is 18.2 Å². The lowest BCUT2D eigenvalue weighted by Crippen LogP contribution is -2.25. The van der Waals surface area contributed by atoms with Gasteiger partial charge in [0.25, 0.3) is 0 Å². The molecule has 2 heterocycles. The molecule has 0 radical (unpaired) electrons. The van der Waals surface area contributed by atoms with Gasteiger partial charge in [-0.3, -0.25) is 4.90 Å². The topological polar surface area (TPSA) is 12.5 Å². The van der Waals surface area contributed by atoms with Crippen molar-refractivity contribution in [1.82, 2.24) is 4.90 Å². The number of hydrogen-bond donors (Lipinski definition) is 0. The van der Waals surface area contributed by atoms with Crippen molar-refractivity contribution in [2.45, 2.75) is 19.8 Å². The second-order valence-corrected chi connectivity index (χ2v) is 7.61. The second kappa shape index (κ2) is 6.96. The van der Waals surface area contributed by atoms with Crippen LogP contribution in [0.1, 0.15) is 18.4 Å². The van der Waals surface area contributed by atoms with Gasteiger partial charge in [0.05, 0.1) is 0 Å². The zero-order valence-electron chi connectivity index (χ0n) is 14.1. The Hall–Kier alpha value is -1.84. The van der Waals surface area contributed by atoms with Gasteiger partial charge in [0, 0.05) is 16.1 Å². The minimum absolute atomic E-state index is 0.781. The predicted octanol–water partition coefficient (Wildman–Crippen LogP) is 5.35. The summed E-state index contributed by atoms with van der Waals surface area (Å²) < 4.78 is 7.35. The molecule has 0 saturated carbocycles. The van der Waals surface area contributed by atoms with Crippen LogP contribution >= 0.6 is 11.3 Å². The molecular formula is C21H23NOS. The quantitative estimate of drug-likeness (QED) is 0.622. The number of ether oxygens (including phenoxy) is 1. The van der Waals surface area contributed by atoms with E-state index in [0.29, 0.717) is 0 Å². The molecule has 0 aliphatic carbocycles. The third kappa shape index (κ3) is 3.33. The third-order valence-electron chi connectivity index (χ3n) is 4.75. The molecule has 24 heavy (non-hydrogen) atoms. The standard InChI is InChI=1S/C21H23NOS/c1-16-14-18(21-15-17-6-2-3-7-20(17)24-21)8-9-19(16)23-13-12-22-10-4-5-11-22/h2-3,6-9,14-15H,4-5,10-13H2,1H3. The fraction of sp³-hybridized carbons (Fsp3) is 0.333. The molecule has 1 saturated heterocycles. The van der Waals surface area contributed by atoms with Crippen molar-refractivity contribution in [2.75, 3.05) is 26.2 Å². The van der Waals surface area contributed by atoms with Crippen molar-refractivity contribution < 1.29 is 4.74 Å². The maximum absolute atomic E-state index is 6.01. The smallest absolute Gasteiger partial charge is 0.122 e. The fourth-order valence-corrected chi connectivity index (χ4v) is 4.44. The van der Waals surface area contributed by atoms with Gasteiger partial charge in [-0.05, 0) is 79.7 Å². The Labute approximate surface area is 147 Å². The van der Waals surface area contributed by atoms with Crippen LogP contribution < -0.4 is 4.74 Å². The van der Waals surface area contributed by atoms with Crippen LogP contribution in [0.25, 0.3) is 20.5 Å². The van der Waals surface area contributed by atoms with Crippen LogP contribution in [0.4, 0.5) is 0 Å². The first-order valence-electron chi connectivity index (χ1n) is 8.74. The average molecular weight is 337 g/mol. The molecule has 1 aliphatic heterocycles. The molecule has 0 unspecified atom stereocenters. The van der Waals surface area contributed by atoms with Gasteiger partial charge in [0.2, 0.25) is 0 Å². The Kier molecular flexibility index (Phi) is 4.54. The number of aryl methyl sites for hydroxylation is 1. The monoisotopic (exact) mass is 337 g/mol. The first-order chi connectivity index (χ1) is 11.8. The number of benzene rings is 2. The lowest BCUT2D eigenvalue weighted by Gasteiger charge is -2.16. The molecule has 1 aromatic heterocycles. The van der Waals surface area contributed by atoms with E-state index in [1.807, 2.05) is 11.3 Å². The van der Waals surface area contributed by atoms with Gasteiger partial charge < -0.3 is 4.74 Å². The van der Waals surface area contributed by atoms with E-state index in [2.05, 4.69) is 60.4 Å². The Balaban J connectivity index is 1.46. The first-order valence-corrected chi connectivity index (χ1v) is 9.56. The zero-order valence-corrected chi connectivity index (χ0v) is 14.9. The molecule has 3 heteroatoms. The zero-order chi connectivity index (χ0) is 16.4. The molecule has 1 fully saturated rings. The van der Waals surface area contributed by atoms with E-state index in [1.165, 1.54) is 52.0 Å². The van der Waals surface area contributed by atoms with E-state index >= 15 is 0 Å². The van der Waals surface area contributed by atoms with Gasteiger partial charge in [-0.15, -0.1) is 11.3 Å². The number of nitrogens with zero attached hydrogens (tertiary/aromatic N) is 1. The van der Waals surface area contributed by atoms with Crippen molar-refractivity contribution >= 4 is 21.4 Å². The normalized spacial score (nSPS) is 15.2. The van der Waals surface area contributed by atoms with E-state index in [4.69, 9.17) is 4.74 Å². The first kappa shape index (κ1) is 15.7. The summed E-state index contributed by atoms with van der Waals surface area (Å²) in [5.74, 6) is 1.01. The number of rotatable bonds is 5. The van der Waals surface area contributed by atoms with Gasteiger partial charge in [-0.25, -0.2) is 0 Å². The number of thiophene rings is 1. The largest absolute Gasteiger partial charge is 0.492 e. The summed E-state index contributed by atoms with van der Waals surface area (Å²) in [5, 5.41) is 1.32. The van der Waals surface area contributed by atoms with E-state index in [-0.39, 0.29) is 0 Å². The molecule has 2 aromatic carbocycles. The summed E-state index contributed by atoms with van der Waals surface area (Å²) in [7, 11) is 0. The van der Waals surface area contributed by atoms with E-state index in [0.717, 1.165) is 18.9 Å².